The molecule has 0 heterocycles. The van der Waals surface area contributed by atoms with Gasteiger partial charge in [0.2, 0.25) is 0 Å². The van der Waals surface area contributed by atoms with Crippen molar-refractivity contribution in [1.29, 1.82) is 5.26 Å². The Bertz CT molecular complexity index is 421. The summed E-state index contributed by atoms with van der Waals surface area (Å²) < 4.78 is 5.35. The Kier molecular flexibility index (Phi) is 3.47. The van der Waals surface area contributed by atoms with Gasteiger partial charge in [-0.2, -0.15) is 5.26 Å². The van der Waals surface area contributed by atoms with E-state index < -0.39 is 5.97 Å². The van der Waals surface area contributed by atoms with Crippen molar-refractivity contribution in [2.24, 2.45) is 0 Å². The number of carbonyl (C=O) groups is 1. The Labute approximate surface area is 95.8 Å². The van der Waals surface area contributed by atoms with Crippen LogP contribution in [0.3, 0.4) is 0 Å². The maximum Gasteiger partial charge on any atom is 0.340 e. The lowest BCUT2D eigenvalue weighted by Crippen LogP contribution is -2.08. The SMILES string of the molecule is COC(=O)c1c(I)ccc(C)c1C#N. The fraction of sp³-hybridized carbons (Fsp3) is 0.200. The predicted octanol–water partition coefficient (Wildman–Crippen LogP) is 2.26. The van der Waals surface area contributed by atoms with Gasteiger partial charge in [0.15, 0.2) is 0 Å². The van der Waals surface area contributed by atoms with Crippen LogP contribution in [0, 0.1) is 21.8 Å². The van der Waals surface area contributed by atoms with Crippen molar-refractivity contribution >= 4 is 28.6 Å². The number of aryl methyl sites for hydroxylation is 1. The highest BCUT2D eigenvalue weighted by atomic mass is 127. The summed E-state index contributed by atoms with van der Waals surface area (Å²) in [4.78, 5) is 11.4. The molecule has 0 radical (unpaired) electrons. The van der Waals surface area contributed by atoms with Gasteiger partial charge in [-0.3, -0.25) is 0 Å². The Morgan fingerprint density at radius 2 is 2.21 bits per heavy atom. The first-order chi connectivity index (χ1) is 6.61. The first-order valence-electron chi connectivity index (χ1n) is 3.89. The molecule has 0 saturated carbocycles. The number of halogens is 1. The van der Waals surface area contributed by atoms with Gasteiger partial charge in [0.05, 0.1) is 18.2 Å². The minimum atomic E-state index is -0.463. The van der Waals surface area contributed by atoms with E-state index in [0.29, 0.717) is 11.1 Å². The van der Waals surface area contributed by atoms with Crippen LogP contribution in [0.4, 0.5) is 0 Å². The highest BCUT2D eigenvalue weighted by molar-refractivity contribution is 14.1. The molecule has 0 amide bonds. The zero-order valence-electron chi connectivity index (χ0n) is 7.80. The Balaban J connectivity index is 3.47. The zero-order chi connectivity index (χ0) is 10.7. The summed E-state index contributed by atoms with van der Waals surface area (Å²) in [5.74, 6) is -0.463. The summed E-state index contributed by atoms with van der Waals surface area (Å²) in [5, 5.41) is 8.91. The maximum atomic E-state index is 11.4. The van der Waals surface area contributed by atoms with Gasteiger partial charge in [0.25, 0.3) is 0 Å². The second kappa shape index (κ2) is 4.42. The largest absolute Gasteiger partial charge is 0.465 e. The molecule has 0 spiro atoms. The molecule has 0 N–H and O–H groups in total. The molecule has 0 aliphatic heterocycles. The van der Waals surface area contributed by atoms with Crippen molar-refractivity contribution in [3.63, 3.8) is 0 Å². The Hall–Kier alpha value is -1.09. The second-order valence-electron chi connectivity index (χ2n) is 2.72. The molecule has 72 valence electrons. The van der Waals surface area contributed by atoms with Crippen LogP contribution in [0.5, 0.6) is 0 Å². The number of hydrogen-bond acceptors (Lipinski definition) is 3. The molecule has 0 saturated heterocycles. The van der Waals surface area contributed by atoms with Crippen LogP contribution in [0.2, 0.25) is 0 Å². The molecule has 0 unspecified atom stereocenters. The number of hydrogen-bond donors (Lipinski definition) is 0. The number of rotatable bonds is 1. The van der Waals surface area contributed by atoms with Crippen molar-refractivity contribution in [2.75, 3.05) is 7.11 Å². The van der Waals surface area contributed by atoms with E-state index >= 15 is 0 Å². The smallest absolute Gasteiger partial charge is 0.340 e. The van der Waals surface area contributed by atoms with E-state index in [9.17, 15) is 4.79 Å². The van der Waals surface area contributed by atoms with Crippen LogP contribution in [-0.2, 0) is 4.74 Å². The number of esters is 1. The third kappa shape index (κ3) is 1.87. The van der Waals surface area contributed by atoms with E-state index in [-0.39, 0.29) is 0 Å². The molecule has 0 aromatic heterocycles. The molecule has 4 heteroatoms. The average molecular weight is 301 g/mol. The highest BCUT2D eigenvalue weighted by Gasteiger charge is 2.17. The number of nitriles is 1. The van der Waals surface area contributed by atoms with Gasteiger partial charge >= 0.3 is 5.97 Å². The summed E-state index contributed by atoms with van der Waals surface area (Å²) in [6, 6.07) is 5.62. The average Bonchev–Trinajstić information content (AvgIpc) is 2.19. The Morgan fingerprint density at radius 1 is 1.57 bits per heavy atom. The summed E-state index contributed by atoms with van der Waals surface area (Å²) in [6.07, 6.45) is 0. The molecule has 0 atom stereocenters. The quantitative estimate of drug-likeness (QED) is 0.590. The molecule has 1 aromatic carbocycles. The van der Waals surface area contributed by atoms with Crippen LogP contribution in [0.25, 0.3) is 0 Å². The summed E-state index contributed by atoms with van der Waals surface area (Å²) in [5.41, 5.74) is 1.53. The first-order valence-corrected chi connectivity index (χ1v) is 4.97. The third-order valence-electron chi connectivity index (χ3n) is 1.86. The van der Waals surface area contributed by atoms with Crippen LogP contribution < -0.4 is 0 Å². The molecule has 0 aliphatic carbocycles. The molecular formula is C10H8INO2. The van der Waals surface area contributed by atoms with Gasteiger partial charge in [-0.1, -0.05) is 6.07 Å². The van der Waals surface area contributed by atoms with Gasteiger partial charge in [-0.15, -0.1) is 0 Å². The lowest BCUT2D eigenvalue weighted by molar-refractivity contribution is 0.0599. The number of ether oxygens (including phenoxy) is 1. The van der Waals surface area contributed by atoms with Crippen LogP contribution in [-0.4, -0.2) is 13.1 Å². The standard InChI is InChI=1S/C10H8INO2/c1-6-3-4-8(11)9(7(6)5-12)10(13)14-2/h3-4H,1-2H3. The number of nitrogens with zero attached hydrogens (tertiary/aromatic N) is 1. The number of benzene rings is 1. The summed E-state index contributed by atoms with van der Waals surface area (Å²) >= 11 is 2.01. The summed E-state index contributed by atoms with van der Waals surface area (Å²) in [7, 11) is 1.31. The van der Waals surface area contributed by atoms with Gasteiger partial charge in [-0.05, 0) is 41.1 Å². The molecule has 1 rings (SSSR count). The van der Waals surface area contributed by atoms with Crippen molar-refractivity contribution in [3.8, 4) is 6.07 Å². The molecule has 3 nitrogen and oxygen atoms in total. The fourth-order valence-corrected chi connectivity index (χ4v) is 1.80. The third-order valence-corrected chi connectivity index (χ3v) is 2.76. The van der Waals surface area contributed by atoms with Crippen molar-refractivity contribution in [1.82, 2.24) is 0 Å². The number of carbonyl (C=O) groups excluding carboxylic acids is 1. The molecule has 0 aliphatic rings. The van der Waals surface area contributed by atoms with E-state index in [0.717, 1.165) is 9.13 Å². The van der Waals surface area contributed by atoms with E-state index in [2.05, 4.69) is 4.74 Å². The molecule has 1 aromatic rings. The number of methoxy groups -OCH3 is 1. The fourth-order valence-electron chi connectivity index (χ4n) is 1.13. The topological polar surface area (TPSA) is 50.1 Å². The van der Waals surface area contributed by atoms with Crippen molar-refractivity contribution in [2.45, 2.75) is 6.92 Å². The van der Waals surface area contributed by atoms with Crippen molar-refractivity contribution < 1.29 is 9.53 Å². The Morgan fingerprint density at radius 3 is 2.71 bits per heavy atom. The van der Waals surface area contributed by atoms with E-state index in [1.54, 1.807) is 13.0 Å². The van der Waals surface area contributed by atoms with E-state index in [1.165, 1.54) is 7.11 Å². The first kappa shape index (κ1) is 11.0. The zero-order valence-corrected chi connectivity index (χ0v) is 9.95. The molecule has 14 heavy (non-hydrogen) atoms. The van der Waals surface area contributed by atoms with Crippen molar-refractivity contribution in [3.05, 3.63) is 32.4 Å². The minimum absolute atomic E-state index is 0.357. The summed E-state index contributed by atoms with van der Waals surface area (Å²) in [6.45, 7) is 1.79. The lowest BCUT2D eigenvalue weighted by atomic mass is 10.0. The van der Waals surface area contributed by atoms with Gasteiger partial charge < -0.3 is 4.74 Å². The molecular weight excluding hydrogens is 293 g/mol. The van der Waals surface area contributed by atoms with Gasteiger partial charge in [-0.25, -0.2) is 4.79 Å². The lowest BCUT2D eigenvalue weighted by Gasteiger charge is -2.06. The van der Waals surface area contributed by atoms with Crippen LogP contribution in [0.1, 0.15) is 21.5 Å². The van der Waals surface area contributed by atoms with Gasteiger partial charge in [0.1, 0.15) is 6.07 Å². The van der Waals surface area contributed by atoms with E-state index in [1.807, 2.05) is 34.7 Å². The normalized spacial score (nSPS) is 9.29. The van der Waals surface area contributed by atoms with Gasteiger partial charge in [0, 0.05) is 3.57 Å². The monoisotopic (exact) mass is 301 g/mol. The minimum Gasteiger partial charge on any atom is -0.465 e. The van der Waals surface area contributed by atoms with E-state index in [4.69, 9.17) is 5.26 Å². The van der Waals surface area contributed by atoms with Crippen LogP contribution >= 0.6 is 22.6 Å². The predicted molar refractivity (Wildman–Crippen MR) is 60.0 cm³/mol. The van der Waals surface area contributed by atoms with Crippen LogP contribution in [0.15, 0.2) is 12.1 Å². The molecule has 0 fully saturated rings. The molecule has 0 bridgehead atoms. The maximum absolute atomic E-state index is 11.4. The highest BCUT2D eigenvalue weighted by Crippen LogP contribution is 2.20. The second-order valence-corrected chi connectivity index (χ2v) is 3.88.